The van der Waals surface area contributed by atoms with Gasteiger partial charge in [-0.1, -0.05) is 35.3 Å². The number of carbonyl (C=O) groups excluding carboxylic acids is 2. The Morgan fingerprint density at radius 1 is 1.20 bits per heavy atom. The summed E-state index contributed by atoms with van der Waals surface area (Å²) in [4.78, 5) is 23.0. The van der Waals surface area contributed by atoms with Gasteiger partial charge in [-0.05, 0) is 31.9 Å². The Balaban J connectivity index is 2.37. The van der Waals surface area contributed by atoms with Crippen molar-refractivity contribution in [2.24, 2.45) is 0 Å². The maximum atomic E-state index is 11.6. The van der Waals surface area contributed by atoms with Gasteiger partial charge in [0.1, 0.15) is 0 Å². The van der Waals surface area contributed by atoms with Crippen LogP contribution < -0.4 is 10.6 Å². The zero-order valence-corrected chi connectivity index (χ0v) is 13.0. The first-order valence-corrected chi connectivity index (χ1v) is 7.14. The molecule has 0 saturated carbocycles. The highest BCUT2D eigenvalue weighted by atomic mass is 35.5. The molecule has 0 spiro atoms. The van der Waals surface area contributed by atoms with E-state index in [0.29, 0.717) is 16.5 Å². The number of aryl methyl sites for hydroxylation is 1. The number of nitrogens with one attached hydrogen (secondary N) is 2. The zero-order chi connectivity index (χ0) is 15.1. The van der Waals surface area contributed by atoms with Gasteiger partial charge in [0, 0.05) is 12.5 Å². The molecule has 0 fully saturated rings. The van der Waals surface area contributed by atoms with Crippen molar-refractivity contribution < 1.29 is 9.59 Å². The number of benzene rings is 1. The number of carbonyl (C=O) groups is 2. The smallest absolute Gasteiger partial charge is 0.239 e. The number of rotatable bonds is 6. The van der Waals surface area contributed by atoms with E-state index in [9.17, 15) is 9.59 Å². The van der Waals surface area contributed by atoms with Gasteiger partial charge in [-0.25, -0.2) is 0 Å². The van der Waals surface area contributed by atoms with Crippen LogP contribution in [-0.2, 0) is 16.0 Å². The summed E-state index contributed by atoms with van der Waals surface area (Å²) in [5.74, 6) is -0.394. The normalized spacial score (nSPS) is 10.4. The molecule has 0 radical (unpaired) electrons. The minimum absolute atomic E-state index is 0.0136. The molecule has 1 aromatic rings. The molecule has 0 unspecified atom stereocenters. The zero-order valence-electron chi connectivity index (χ0n) is 11.5. The lowest BCUT2D eigenvalue weighted by atomic mass is 10.1. The van der Waals surface area contributed by atoms with E-state index in [1.807, 2.05) is 19.9 Å². The third-order valence-electron chi connectivity index (χ3n) is 2.55. The molecule has 0 aromatic heterocycles. The third-order valence-corrected chi connectivity index (χ3v) is 3.41. The van der Waals surface area contributed by atoms with Crippen LogP contribution in [0.4, 0.5) is 0 Å². The van der Waals surface area contributed by atoms with Crippen LogP contribution in [0.2, 0.25) is 10.0 Å². The van der Waals surface area contributed by atoms with Crippen LogP contribution >= 0.6 is 23.2 Å². The van der Waals surface area contributed by atoms with E-state index in [4.69, 9.17) is 23.2 Å². The van der Waals surface area contributed by atoms with Crippen molar-refractivity contribution in [1.82, 2.24) is 10.6 Å². The molecule has 2 N–H and O–H groups in total. The molecule has 1 aromatic carbocycles. The van der Waals surface area contributed by atoms with Gasteiger partial charge in [0.25, 0.3) is 0 Å². The molecule has 0 aliphatic rings. The van der Waals surface area contributed by atoms with Gasteiger partial charge in [0.05, 0.1) is 16.6 Å². The van der Waals surface area contributed by atoms with E-state index in [1.165, 1.54) is 0 Å². The van der Waals surface area contributed by atoms with Crippen molar-refractivity contribution in [1.29, 1.82) is 0 Å². The van der Waals surface area contributed by atoms with Gasteiger partial charge < -0.3 is 10.6 Å². The fourth-order valence-electron chi connectivity index (χ4n) is 1.63. The van der Waals surface area contributed by atoms with Crippen molar-refractivity contribution in [3.8, 4) is 0 Å². The van der Waals surface area contributed by atoms with Gasteiger partial charge in [-0.15, -0.1) is 0 Å². The van der Waals surface area contributed by atoms with Gasteiger partial charge in [-0.2, -0.15) is 0 Å². The molecular formula is C14H18Cl2N2O2. The summed E-state index contributed by atoms with van der Waals surface area (Å²) in [6.07, 6.45) is 0.742. The molecule has 6 heteroatoms. The minimum Gasteiger partial charge on any atom is -0.352 e. The Morgan fingerprint density at radius 3 is 2.55 bits per heavy atom. The molecule has 110 valence electrons. The van der Waals surface area contributed by atoms with Gasteiger partial charge in [0.2, 0.25) is 11.8 Å². The highest BCUT2D eigenvalue weighted by Crippen LogP contribution is 2.26. The molecule has 20 heavy (non-hydrogen) atoms. The summed E-state index contributed by atoms with van der Waals surface area (Å²) in [7, 11) is 0. The van der Waals surface area contributed by atoms with Gasteiger partial charge >= 0.3 is 0 Å². The molecule has 0 aliphatic carbocycles. The van der Waals surface area contributed by atoms with Crippen LogP contribution in [0.5, 0.6) is 0 Å². The van der Waals surface area contributed by atoms with Gasteiger partial charge in [-0.3, -0.25) is 9.59 Å². The van der Waals surface area contributed by atoms with Gasteiger partial charge in [0.15, 0.2) is 0 Å². The largest absolute Gasteiger partial charge is 0.352 e. The number of hydrogen-bond donors (Lipinski definition) is 2. The van der Waals surface area contributed by atoms with E-state index in [0.717, 1.165) is 5.56 Å². The molecule has 0 heterocycles. The molecule has 0 saturated heterocycles. The Bertz CT molecular complexity index is 490. The van der Waals surface area contributed by atoms with Crippen molar-refractivity contribution in [2.45, 2.75) is 32.7 Å². The van der Waals surface area contributed by atoms with E-state index < -0.39 is 0 Å². The first-order chi connectivity index (χ1) is 9.40. The number of hydrogen-bond acceptors (Lipinski definition) is 2. The Morgan fingerprint density at radius 2 is 1.90 bits per heavy atom. The first kappa shape index (κ1) is 16.8. The van der Waals surface area contributed by atoms with Crippen LogP contribution in [0.3, 0.4) is 0 Å². The molecule has 1 rings (SSSR count). The fraction of sp³-hybridized carbons (Fsp3) is 0.429. The first-order valence-electron chi connectivity index (χ1n) is 6.39. The Kier molecular flexibility index (Phi) is 6.82. The second-order valence-electron chi connectivity index (χ2n) is 4.71. The summed E-state index contributed by atoms with van der Waals surface area (Å²) in [5, 5.41) is 6.21. The summed E-state index contributed by atoms with van der Waals surface area (Å²) < 4.78 is 0. The van der Waals surface area contributed by atoms with Crippen molar-refractivity contribution in [3.05, 3.63) is 33.8 Å². The van der Waals surface area contributed by atoms with Crippen LogP contribution in [0.25, 0.3) is 0 Å². The predicted molar refractivity (Wildman–Crippen MR) is 81.1 cm³/mol. The van der Waals surface area contributed by atoms with Crippen LogP contribution in [0, 0.1) is 0 Å². The maximum absolute atomic E-state index is 11.6. The van der Waals surface area contributed by atoms with E-state index >= 15 is 0 Å². The third kappa shape index (κ3) is 5.80. The fourth-order valence-corrected chi connectivity index (χ4v) is 2.04. The molecular weight excluding hydrogens is 299 g/mol. The quantitative estimate of drug-likeness (QED) is 0.847. The molecule has 0 bridgehead atoms. The average Bonchev–Trinajstić information content (AvgIpc) is 2.37. The van der Waals surface area contributed by atoms with Crippen molar-refractivity contribution in [2.75, 3.05) is 6.54 Å². The number of amides is 2. The molecule has 4 nitrogen and oxygen atoms in total. The summed E-state index contributed by atoms with van der Waals surface area (Å²) >= 11 is 11.9. The maximum Gasteiger partial charge on any atom is 0.239 e. The molecule has 0 aliphatic heterocycles. The lowest BCUT2D eigenvalue weighted by molar-refractivity contribution is -0.126. The number of halogens is 2. The lowest BCUT2D eigenvalue weighted by Crippen LogP contribution is -2.39. The van der Waals surface area contributed by atoms with E-state index in [1.54, 1.807) is 12.1 Å². The standard InChI is InChI=1S/C14H18Cl2N2O2/c1-9(2)18-13(20)8-17-12(19)7-6-10-4-3-5-11(15)14(10)16/h3-5,9H,6-8H2,1-2H3,(H,17,19)(H,18,20). The highest BCUT2D eigenvalue weighted by Gasteiger charge is 2.09. The topological polar surface area (TPSA) is 58.2 Å². The lowest BCUT2D eigenvalue weighted by Gasteiger charge is -2.09. The molecule has 2 amide bonds. The van der Waals surface area contributed by atoms with Crippen LogP contribution in [-0.4, -0.2) is 24.4 Å². The van der Waals surface area contributed by atoms with Crippen LogP contribution in [0.1, 0.15) is 25.8 Å². The SMILES string of the molecule is CC(C)NC(=O)CNC(=O)CCc1cccc(Cl)c1Cl. The second kappa shape index (κ2) is 8.12. The summed E-state index contributed by atoms with van der Waals surface area (Å²) in [6.45, 7) is 3.71. The average molecular weight is 317 g/mol. The van der Waals surface area contributed by atoms with Crippen molar-refractivity contribution >= 4 is 35.0 Å². The van der Waals surface area contributed by atoms with E-state index in [2.05, 4.69) is 10.6 Å². The Labute approximate surface area is 128 Å². The summed E-state index contributed by atoms with van der Waals surface area (Å²) in [5.41, 5.74) is 0.820. The van der Waals surface area contributed by atoms with Crippen LogP contribution in [0.15, 0.2) is 18.2 Å². The Hall–Kier alpha value is -1.26. The molecule has 0 atom stereocenters. The second-order valence-corrected chi connectivity index (χ2v) is 5.50. The van der Waals surface area contributed by atoms with E-state index in [-0.39, 0.29) is 30.8 Å². The minimum atomic E-state index is -0.200. The monoisotopic (exact) mass is 316 g/mol. The van der Waals surface area contributed by atoms with Crippen molar-refractivity contribution in [3.63, 3.8) is 0 Å². The predicted octanol–water partition coefficient (Wildman–Crippen LogP) is 2.57. The highest BCUT2D eigenvalue weighted by molar-refractivity contribution is 6.42. The summed E-state index contributed by atoms with van der Waals surface area (Å²) in [6, 6.07) is 5.37.